The fraction of sp³-hybridized carbons (Fsp3) is 0.385. The predicted octanol–water partition coefficient (Wildman–Crippen LogP) is 1.42. The van der Waals surface area contributed by atoms with Crippen molar-refractivity contribution >= 4 is 10.0 Å². The maximum atomic E-state index is 12.2. The molecular weight excluding hydrogens is 280 g/mol. The number of nitrogens with one attached hydrogen (secondary N) is 2. The molecule has 0 atom stereocenters. The van der Waals surface area contributed by atoms with Crippen LogP contribution in [0, 0.1) is 6.92 Å². The van der Waals surface area contributed by atoms with Crippen LogP contribution in [0.15, 0.2) is 38.2 Å². The molecule has 0 saturated heterocycles. The van der Waals surface area contributed by atoms with Gasteiger partial charge in [-0.1, -0.05) is 0 Å². The molecule has 2 rings (SSSR count). The highest BCUT2D eigenvalue weighted by Crippen LogP contribution is 2.19. The third-order valence-corrected chi connectivity index (χ3v) is 4.38. The van der Waals surface area contributed by atoms with Gasteiger partial charge in [0.15, 0.2) is 0 Å². The second-order valence-corrected chi connectivity index (χ2v) is 6.13. The molecular formula is C13H18N2O4S. The molecule has 110 valence electrons. The molecule has 2 heterocycles. The van der Waals surface area contributed by atoms with E-state index in [-0.39, 0.29) is 11.4 Å². The molecule has 0 aliphatic rings. The first-order chi connectivity index (χ1) is 9.53. The molecule has 0 amide bonds. The molecule has 0 saturated carbocycles. The van der Waals surface area contributed by atoms with Gasteiger partial charge in [0.25, 0.3) is 0 Å². The first-order valence-corrected chi connectivity index (χ1v) is 7.77. The average molecular weight is 298 g/mol. The average Bonchev–Trinajstić information content (AvgIpc) is 2.99. The molecule has 2 aromatic heterocycles. The highest BCUT2D eigenvalue weighted by Gasteiger charge is 2.20. The first kappa shape index (κ1) is 14.8. The van der Waals surface area contributed by atoms with Crippen molar-refractivity contribution in [3.8, 4) is 0 Å². The summed E-state index contributed by atoms with van der Waals surface area (Å²) in [4.78, 5) is 0.183. The van der Waals surface area contributed by atoms with Gasteiger partial charge in [-0.3, -0.25) is 0 Å². The lowest BCUT2D eigenvalue weighted by Gasteiger charge is -2.04. The lowest BCUT2D eigenvalue weighted by molar-refractivity contribution is 0.465. The Kier molecular flexibility index (Phi) is 4.64. The van der Waals surface area contributed by atoms with Gasteiger partial charge in [0.2, 0.25) is 10.0 Å². The van der Waals surface area contributed by atoms with E-state index in [0.29, 0.717) is 24.5 Å². The highest BCUT2D eigenvalue weighted by molar-refractivity contribution is 7.89. The van der Waals surface area contributed by atoms with Crippen LogP contribution < -0.4 is 10.0 Å². The quantitative estimate of drug-likeness (QED) is 0.807. The molecule has 0 unspecified atom stereocenters. The second-order valence-electron chi connectivity index (χ2n) is 4.39. The summed E-state index contributed by atoms with van der Waals surface area (Å²) in [5, 5.41) is 2.92. The monoisotopic (exact) mass is 298 g/mol. The van der Waals surface area contributed by atoms with Crippen LogP contribution in [0.4, 0.5) is 0 Å². The fourth-order valence-corrected chi connectivity index (χ4v) is 3.13. The Morgan fingerprint density at radius 2 is 2.10 bits per heavy atom. The van der Waals surface area contributed by atoms with E-state index in [2.05, 4.69) is 10.0 Å². The largest absolute Gasteiger partial charge is 0.469 e. The minimum atomic E-state index is -3.55. The molecule has 0 aliphatic carbocycles. The van der Waals surface area contributed by atoms with E-state index in [1.165, 1.54) is 0 Å². The van der Waals surface area contributed by atoms with Crippen molar-refractivity contribution in [1.82, 2.24) is 10.0 Å². The van der Waals surface area contributed by atoms with Crippen molar-refractivity contribution in [3.05, 3.63) is 41.7 Å². The number of sulfonamides is 1. The van der Waals surface area contributed by atoms with Gasteiger partial charge in [-0.25, -0.2) is 13.1 Å². The molecule has 7 heteroatoms. The molecule has 2 N–H and O–H groups in total. The summed E-state index contributed by atoms with van der Waals surface area (Å²) in [6.45, 7) is 2.41. The molecule has 0 aromatic carbocycles. The van der Waals surface area contributed by atoms with Crippen LogP contribution in [0.2, 0.25) is 0 Å². The van der Waals surface area contributed by atoms with Crippen molar-refractivity contribution in [2.45, 2.75) is 24.8 Å². The number of furan rings is 2. The smallest absolute Gasteiger partial charge is 0.244 e. The van der Waals surface area contributed by atoms with Crippen LogP contribution in [0.5, 0.6) is 0 Å². The van der Waals surface area contributed by atoms with E-state index in [1.54, 1.807) is 32.4 Å². The lowest BCUT2D eigenvalue weighted by atomic mass is 10.3. The van der Waals surface area contributed by atoms with Gasteiger partial charge < -0.3 is 14.2 Å². The van der Waals surface area contributed by atoms with E-state index in [9.17, 15) is 8.42 Å². The van der Waals surface area contributed by atoms with Gasteiger partial charge in [0.1, 0.15) is 22.2 Å². The lowest BCUT2D eigenvalue weighted by Crippen LogP contribution is -2.26. The maximum Gasteiger partial charge on any atom is 0.244 e. The standard InChI is InChI=1S/C13H18N2O4S/c1-10-13(8-12(19-10)9-14-2)20(16,17)15-6-5-11-4-3-7-18-11/h3-4,7-8,14-15H,5-6,9H2,1-2H3. The number of rotatable bonds is 7. The summed E-state index contributed by atoms with van der Waals surface area (Å²) in [5.41, 5.74) is 0. The zero-order chi connectivity index (χ0) is 14.6. The Morgan fingerprint density at radius 1 is 1.30 bits per heavy atom. The van der Waals surface area contributed by atoms with Gasteiger partial charge in [-0.15, -0.1) is 0 Å². The van der Waals surface area contributed by atoms with Crippen molar-refractivity contribution in [2.75, 3.05) is 13.6 Å². The molecule has 0 aliphatic heterocycles. The van der Waals surface area contributed by atoms with E-state index in [0.717, 1.165) is 5.76 Å². The van der Waals surface area contributed by atoms with Gasteiger partial charge in [-0.05, 0) is 26.1 Å². The van der Waals surface area contributed by atoms with E-state index < -0.39 is 10.0 Å². The predicted molar refractivity (Wildman–Crippen MR) is 73.8 cm³/mol. The second kappa shape index (κ2) is 6.25. The molecule has 0 radical (unpaired) electrons. The Morgan fingerprint density at radius 3 is 2.75 bits per heavy atom. The van der Waals surface area contributed by atoms with Crippen LogP contribution in [0.1, 0.15) is 17.3 Å². The van der Waals surface area contributed by atoms with Crippen molar-refractivity contribution < 1.29 is 17.3 Å². The molecule has 6 nitrogen and oxygen atoms in total. The van der Waals surface area contributed by atoms with Crippen LogP contribution in [0.3, 0.4) is 0 Å². The molecule has 0 spiro atoms. The molecule has 20 heavy (non-hydrogen) atoms. The fourth-order valence-electron chi connectivity index (χ4n) is 1.89. The van der Waals surface area contributed by atoms with Crippen molar-refractivity contribution in [2.24, 2.45) is 0 Å². The maximum absolute atomic E-state index is 12.2. The zero-order valence-electron chi connectivity index (χ0n) is 11.5. The summed E-state index contributed by atoms with van der Waals surface area (Å²) < 4.78 is 37.4. The molecule has 0 bridgehead atoms. The highest BCUT2D eigenvalue weighted by atomic mass is 32.2. The van der Waals surface area contributed by atoms with Crippen LogP contribution in [0.25, 0.3) is 0 Å². The molecule has 2 aromatic rings. The van der Waals surface area contributed by atoms with E-state index >= 15 is 0 Å². The Bertz CT molecular complexity index is 644. The SMILES string of the molecule is CNCc1cc(S(=O)(=O)NCCc2ccco2)c(C)o1. The number of aryl methyl sites for hydroxylation is 1. The first-order valence-electron chi connectivity index (χ1n) is 6.29. The summed E-state index contributed by atoms with van der Waals surface area (Å²) in [6.07, 6.45) is 2.07. The van der Waals surface area contributed by atoms with Gasteiger partial charge in [0, 0.05) is 19.0 Å². The number of hydrogen-bond acceptors (Lipinski definition) is 5. The van der Waals surface area contributed by atoms with Gasteiger partial charge >= 0.3 is 0 Å². The topological polar surface area (TPSA) is 84.5 Å². The number of hydrogen-bond donors (Lipinski definition) is 2. The summed E-state index contributed by atoms with van der Waals surface area (Å²) in [6, 6.07) is 5.12. The third kappa shape index (κ3) is 3.50. The van der Waals surface area contributed by atoms with Crippen molar-refractivity contribution in [1.29, 1.82) is 0 Å². The Hall–Kier alpha value is -1.57. The van der Waals surface area contributed by atoms with E-state index in [4.69, 9.17) is 8.83 Å². The third-order valence-electron chi connectivity index (χ3n) is 2.81. The van der Waals surface area contributed by atoms with Crippen molar-refractivity contribution in [3.63, 3.8) is 0 Å². The normalized spacial score (nSPS) is 11.9. The van der Waals surface area contributed by atoms with Crippen LogP contribution in [-0.2, 0) is 23.0 Å². The van der Waals surface area contributed by atoms with E-state index in [1.807, 2.05) is 6.07 Å². The summed E-state index contributed by atoms with van der Waals surface area (Å²) >= 11 is 0. The zero-order valence-corrected chi connectivity index (χ0v) is 12.3. The Labute approximate surface area is 118 Å². The summed E-state index contributed by atoms with van der Waals surface area (Å²) in [7, 11) is -1.78. The van der Waals surface area contributed by atoms with Gasteiger partial charge in [-0.2, -0.15) is 0 Å². The van der Waals surface area contributed by atoms with Crippen LogP contribution >= 0.6 is 0 Å². The molecule has 0 fully saturated rings. The Balaban J connectivity index is 2.02. The minimum Gasteiger partial charge on any atom is -0.469 e. The summed E-state index contributed by atoms with van der Waals surface area (Å²) in [5.74, 6) is 1.73. The van der Waals surface area contributed by atoms with Gasteiger partial charge in [0.05, 0.1) is 12.8 Å². The van der Waals surface area contributed by atoms with Crippen LogP contribution in [-0.4, -0.2) is 22.0 Å². The minimum absolute atomic E-state index is 0.183.